The summed E-state index contributed by atoms with van der Waals surface area (Å²) in [5.74, 6) is 0.625. The van der Waals surface area contributed by atoms with Crippen LogP contribution in [0.1, 0.15) is 6.92 Å². The van der Waals surface area contributed by atoms with Gasteiger partial charge in [0.1, 0.15) is 0 Å². The lowest BCUT2D eigenvalue weighted by molar-refractivity contribution is -0.127. The number of tetrazole rings is 1. The summed E-state index contributed by atoms with van der Waals surface area (Å²) in [5.41, 5.74) is 0.900. The zero-order chi connectivity index (χ0) is 20.5. The molecule has 10 nitrogen and oxygen atoms in total. The number of amidine groups is 1. The van der Waals surface area contributed by atoms with Crippen LogP contribution in [0.3, 0.4) is 0 Å². The molecule has 0 aliphatic carbocycles. The number of thioether (sulfide) groups is 1. The highest BCUT2D eigenvalue weighted by Crippen LogP contribution is 2.28. The highest BCUT2D eigenvalue weighted by Gasteiger charge is 2.48. The SMILES string of the molecule is CC(CSc1nnnn1-c1ccccc1)CN1C(Br)=NC2C1C(=O)NC(=O)N2C. The van der Waals surface area contributed by atoms with Gasteiger partial charge >= 0.3 is 6.03 Å². The zero-order valence-electron chi connectivity index (χ0n) is 15.8. The maximum Gasteiger partial charge on any atom is 0.325 e. The maximum absolute atomic E-state index is 12.4. The number of aliphatic imine (C=N–C) groups is 1. The van der Waals surface area contributed by atoms with E-state index in [4.69, 9.17) is 0 Å². The molecule has 1 aromatic heterocycles. The number of urea groups is 1. The number of amides is 3. The molecular formula is C17H19BrN8O2S. The molecule has 0 bridgehead atoms. The Bertz CT molecular complexity index is 952. The number of halogens is 1. The molecule has 3 atom stereocenters. The fourth-order valence-electron chi connectivity index (χ4n) is 3.29. The second kappa shape index (κ2) is 8.11. The zero-order valence-corrected chi connectivity index (χ0v) is 18.2. The van der Waals surface area contributed by atoms with Crippen LogP contribution in [0, 0.1) is 5.92 Å². The summed E-state index contributed by atoms with van der Waals surface area (Å²) < 4.78 is 2.28. The van der Waals surface area contributed by atoms with Crippen molar-refractivity contribution in [2.45, 2.75) is 24.3 Å². The normalized spacial score (nSPS) is 22.4. The van der Waals surface area contributed by atoms with Crippen molar-refractivity contribution in [2.75, 3.05) is 19.3 Å². The first-order valence-electron chi connectivity index (χ1n) is 9.00. The average Bonchev–Trinajstić information content (AvgIpc) is 3.30. The lowest BCUT2D eigenvalue weighted by atomic mass is 10.1. The number of hydrogen-bond donors (Lipinski definition) is 1. The molecular weight excluding hydrogens is 460 g/mol. The predicted octanol–water partition coefficient (Wildman–Crippen LogP) is 1.33. The van der Waals surface area contributed by atoms with Gasteiger partial charge in [-0.25, -0.2) is 9.79 Å². The summed E-state index contributed by atoms with van der Waals surface area (Å²) in [4.78, 5) is 32.0. The van der Waals surface area contributed by atoms with Crippen molar-refractivity contribution in [3.63, 3.8) is 0 Å². The van der Waals surface area contributed by atoms with E-state index in [1.165, 1.54) is 4.90 Å². The first kappa shape index (κ1) is 19.8. The largest absolute Gasteiger partial charge is 0.335 e. The van der Waals surface area contributed by atoms with E-state index in [-0.39, 0.29) is 11.8 Å². The highest BCUT2D eigenvalue weighted by molar-refractivity contribution is 9.18. The van der Waals surface area contributed by atoms with Crippen LogP contribution in [-0.4, -0.2) is 78.2 Å². The van der Waals surface area contributed by atoms with Crippen molar-refractivity contribution < 1.29 is 9.59 Å². The number of para-hydroxylation sites is 1. The van der Waals surface area contributed by atoms with Gasteiger partial charge in [0, 0.05) is 19.3 Å². The Balaban J connectivity index is 1.40. The quantitative estimate of drug-likeness (QED) is 0.492. The van der Waals surface area contributed by atoms with Crippen LogP contribution in [0.4, 0.5) is 4.79 Å². The summed E-state index contributed by atoms with van der Waals surface area (Å²) >= 11 is 5.00. The molecule has 0 saturated carbocycles. The van der Waals surface area contributed by atoms with Gasteiger partial charge in [-0.2, -0.15) is 4.68 Å². The number of imide groups is 1. The van der Waals surface area contributed by atoms with E-state index in [0.29, 0.717) is 16.4 Å². The van der Waals surface area contributed by atoms with Gasteiger partial charge in [-0.05, 0) is 44.4 Å². The van der Waals surface area contributed by atoms with Crippen molar-refractivity contribution in [1.82, 2.24) is 35.3 Å². The van der Waals surface area contributed by atoms with E-state index < -0.39 is 18.2 Å². The second-order valence-corrected chi connectivity index (χ2v) is 8.64. The fourth-order valence-corrected chi connectivity index (χ4v) is 4.76. The molecule has 2 aliphatic heterocycles. The number of rotatable bonds is 6. The molecule has 0 radical (unpaired) electrons. The number of fused-ring (bicyclic) bond motifs is 1. The highest BCUT2D eigenvalue weighted by atomic mass is 79.9. The van der Waals surface area contributed by atoms with Gasteiger partial charge < -0.3 is 9.80 Å². The standard InChI is InChI=1S/C17H19BrN8O2S/c1-10(9-29-17-21-22-23-26(17)11-6-4-3-5-7-11)8-25-12-13(19-15(25)18)24(2)16(28)20-14(12)27/h3-7,10,12-13H,8-9H2,1-2H3,(H,20,27,28). The lowest BCUT2D eigenvalue weighted by Crippen LogP contribution is -2.63. The monoisotopic (exact) mass is 478 g/mol. The van der Waals surface area contributed by atoms with Gasteiger partial charge in [0.05, 0.1) is 5.69 Å². The molecule has 2 aromatic rings. The van der Waals surface area contributed by atoms with E-state index >= 15 is 0 Å². The summed E-state index contributed by atoms with van der Waals surface area (Å²) in [7, 11) is 1.63. The molecule has 1 N–H and O–H groups in total. The van der Waals surface area contributed by atoms with Gasteiger partial charge in [-0.15, -0.1) is 5.10 Å². The Morgan fingerprint density at radius 2 is 2.03 bits per heavy atom. The Morgan fingerprint density at radius 1 is 1.28 bits per heavy atom. The molecule has 0 spiro atoms. The van der Waals surface area contributed by atoms with Gasteiger partial charge in [-0.1, -0.05) is 36.9 Å². The average molecular weight is 479 g/mol. The van der Waals surface area contributed by atoms with Crippen molar-refractivity contribution in [1.29, 1.82) is 0 Å². The predicted molar refractivity (Wildman–Crippen MR) is 111 cm³/mol. The Kier molecular flexibility index (Phi) is 5.54. The Morgan fingerprint density at radius 3 is 2.79 bits per heavy atom. The van der Waals surface area contributed by atoms with Crippen LogP contribution in [0.5, 0.6) is 0 Å². The van der Waals surface area contributed by atoms with E-state index in [2.05, 4.69) is 48.7 Å². The van der Waals surface area contributed by atoms with Crippen molar-refractivity contribution >= 4 is 44.4 Å². The second-order valence-electron chi connectivity index (χ2n) is 6.94. The summed E-state index contributed by atoms with van der Waals surface area (Å²) in [6.07, 6.45) is -0.518. The first-order chi connectivity index (χ1) is 14.0. The van der Waals surface area contributed by atoms with Crippen LogP contribution in [0.25, 0.3) is 5.69 Å². The molecule has 3 unspecified atom stereocenters. The van der Waals surface area contributed by atoms with Crippen LogP contribution in [0.2, 0.25) is 0 Å². The lowest BCUT2D eigenvalue weighted by Gasteiger charge is -2.36. The first-order valence-corrected chi connectivity index (χ1v) is 10.8. The van der Waals surface area contributed by atoms with E-state index in [1.54, 1.807) is 23.5 Å². The van der Waals surface area contributed by atoms with Gasteiger partial charge in [0.25, 0.3) is 5.91 Å². The van der Waals surface area contributed by atoms with Gasteiger partial charge in [0.2, 0.25) is 5.16 Å². The van der Waals surface area contributed by atoms with Crippen molar-refractivity contribution in [2.24, 2.45) is 10.9 Å². The van der Waals surface area contributed by atoms with E-state index in [9.17, 15) is 9.59 Å². The van der Waals surface area contributed by atoms with Crippen LogP contribution >= 0.6 is 27.7 Å². The van der Waals surface area contributed by atoms with E-state index in [1.807, 2.05) is 35.2 Å². The number of benzene rings is 1. The molecule has 29 heavy (non-hydrogen) atoms. The minimum Gasteiger partial charge on any atom is -0.335 e. The van der Waals surface area contributed by atoms with Gasteiger partial charge in [-0.3, -0.25) is 10.1 Å². The topological polar surface area (TPSA) is 109 Å². The van der Waals surface area contributed by atoms with E-state index in [0.717, 1.165) is 11.4 Å². The summed E-state index contributed by atoms with van der Waals surface area (Å²) in [6.45, 7) is 2.69. The van der Waals surface area contributed by atoms with Crippen molar-refractivity contribution in [3.05, 3.63) is 30.3 Å². The third kappa shape index (κ3) is 3.86. The molecule has 4 rings (SSSR count). The number of likely N-dealkylation sites (N-methyl/N-ethyl adjacent to an activating group) is 1. The molecule has 1 fully saturated rings. The molecule has 3 heterocycles. The maximum atomic E-state index is 12.4. The van der Waals surface area contributed by atoms with Crippen LogP contribution in [0.15, 0.2) is 40.5 Å². The third-order valence-corrected chi connectivity index (χ3v) is 6.67. The number of aromatic nitrogens is 4. The van der Waals surface area contributed by atoms with Crippen molar-refractivity contribution in [3.8, 4) is 5.69 Å². The molecule has 3 amide bonds. The van der Waals surface area contributed by atoms with Crippen LogP contribution < -0.4 is 5.32 Å². The molecule has 12 heteroatoms. The number of carbonyl (C=O) groups excluding carboxylic acids is 2. The minimum atomic E-state index is -0.533. The Hall–Kier alpha value is -2.47. The molecule has 152 valence electrons. The summed E-state index contributed by atoms with van der Waals surface area (Å²) in [6, 6.07) is 8.74. The number of nitrogens with one attached hydrogen (secondary N) is 1. The minimum absolute atomic E-state index is 0.207. The summed E-state index contributed by atoms with van der Waals surface area (Å²) in [5, 5.41) is 15.1. The van der Waals surface area contributed by atoms with Crippen LogP contribution in [-0.2, 0) is 4.79 Å². The molecule has 1 saturated heterocycles. The fraction of sp³-hybridized carbons (Fsp3) is 0.412. The third-order valence-electron chi connectivity index (χ3n) is 4.76. The van der Waals surface area contributed by atoms with Gasteiger partial charge in [0.15, 0.2) is 17.0 Å². The Labute approximate surface area is 179 Å². The number of hydrogen-bond acceptors (Lipinski definition) is 8. The molecule has 1 aromatic carbocycles. The molecule has 2 aliphatic rings. The number of carbonyl (C=O) groups is 2. The number of nitrogens with zero attached hydrogens (tertiary/aromatic N) is 7. The smallest absolute Gasteiger partial charge is 0.325 e.